The van der Waals surface area contributed by atoms with Crippen LogP contribution in [0.3, 0.4) is 0 Å². The lowest BCUT2D eigenvalue weighted by molar-refractivity contribution is -0.136. The van der Waals surface area contributed by atoms with Crippen molar-refractivity contribution in [3.63, 3.8) is 0 Å². The van der Waals surface area contributed by atoms with Crippen molar-refractivity contribution in [1.82, 2.24) is 24.9 Å². The molecule has 4 bridgehead atoms. The number of hydrogen-bond acceptors (Lipinski definition) is 4. The lowest BCUT2D eigenvalue weighted by Crippen LogP contribution is -2.61. The summed E-state index contributed by atoms with van der Waals surface area (Å²) in [6, 6.07) is 2.41. The van der Waals surface area contributed by atoms with Crippen LogP contribution < -0.4 is 5.32 Å². The lowest BCUT2D eigenvalue weighted by Gasteiger charge is -2.58. The van der Waals surface area contributed by atoms with Crippen LogP contribution in [0.2, 0.25) is 0 Å². The van der Waals surface area contributed by atoms with Gasteiger partial charge in [0.1, 0.15) is 5.56 Å². The Morgan fingerprint density at radius 2 is 1.96 bits per heavy atom. The quantitative estimate of drug-likeness (QED) is 0.866. The van der Waals surface area contributed by atoms with Crippen molar-refractivity contribution in [2.24, 2.45) is 17.8 Å². The Morgan fingerprint density at radius 3 is 2.59 bits per heavy atom. The monoisotopic (exact) mass is 367 g/mol. The molecule has 142 valence electrons. The maximum atomic E-state index is 13.2. The van der Waals surface area contributed by atoms with Crippen LogP contribution in [0.1, 0.15) is 61.3 Å². The lowest BCUT2D eigenvalue weighted by atomic mass is 9.52. The van der Waals surface area contributed by atoms with Gasteiger partial charge in [-0.05, 0) is 68.8 Å². The Morgan fingerprint density at radius 1 is 1.19 bits per heavy atom. The van der Waals surface area contributed by atoms with Crippen molar-refractivity contribution in [2.45, 2.75) is 62.6 Å². The number of amides is 1. The van der Waals surface area contributed by atoms with E-state index in [1.807, 2.05) is 16.9 Å². The molecule has 0 spiro atoms. The molecule has 5 aliphatic rings. The minimum atomic E-state index is -0.477. The van der Waals surface area contributed by atoms with E-state index < -0.39 is 5.60 Å². The van der Waals surface area contributed by atoms with Gasteiger partial charge in [0.2, 0.25) is 0 Å². The van der Waals surface area contributed by atoms with Gasteiger partial charge in [-0.25, -0.2) is 9.36 Å². The standard InChI is InChI=1S/C20H25N5O2/c26-18(23-17-13-6-12-7-14(17)10-20(27,8-12)9-13)16-11-22-25(15-2-3-15)19(16)24-5-1-4-21-24/h1,4-5,11-15,17,27H,2-3,6-10H2,(H,23,26). The van der Waals surface area contributed by atoms with Crippen molar-refractivity contribution in [3.05, 3.63) is 30.2 Å². The second-order valence-corrected chi connectivity index (χ2v) is 9.20. The zero-order chi connectivity index (χ0) is 18.2. The van der Waals surface area contributed by atoms with Crippen LogP contribution >= 0.6 is 0 Å². The van der Waals surface area contributed by atoms with Gasteiger partial charge in [-0.3, -0.25) is 4.79 Å². The molecule has 0 aliphatic heterocycles. The first kappa shape index (κ1) is 15.9. The normalized spacial score (nSPS) is 36.9. The summed E-state index contributed by atoms with van der Waals surface area (Å²) in [4.78, 5) is 13.2. The van der Waals surface area contributed by atoms with Crippen molar-refractivity contribution in [2.75, 3.05) is 0 Å². The van der Waals surface area contributed by atoms with Crippen LogP contribution in [0, 0.1) is 17.8 Å². The summed E-state index contributed by atoms with van der Waals surface area (Å²) in [5.74, 6) is 2.14. The largest absolute Gasteiger partial charge is 0.390 e. The predicted octanol–water partition coefficient (Wildman–Crippen LogP) is 2.07. The molecule has 7 nitrogen and oxygen atoms in total. The summed E-state index contributed by atoms with van der Waals surface area (Å²) < 4.78 is 3.70. The van der Waals surface area contributed by atoms with E-state index in [9.17, 15) is 9.90 Å². The molecule has 0 aromatic carbocycles. The maximum Gasteiger partial charge on any atom is 0.256 e. The molecule has 0 saturated heterocycles. The molecule has 1 amide bonds. The smallest absolute Gasteiger partial charge is 0.256 e. The van der Waals surface area contributed by atoms with E-state index in [1.54, 1.807) is 17.1 Å². The van der Waals surface area contributed by atoms with Gasteiger partial charge in [0.15, 0.2) is 5.82 Å². The highest BCUT2D eigenvalue weighted by Gasteiger charge is 2.55. The van der Waals surface area contributed by atoms with Crippen LogP contribution in [-0.2, 0) is 0 Å². The van der Waals surface area contributed by atoms with Crippen molar-refractivity contribution in [3.8, 4) is 5.82 Å². The van der Waals surface area contributed by atoms with Crippen molar-refractivity contribution in [1.29, 1.82) is 0 Å². The van der Waals surface area contributed by atoms with E-state index in [4.69, 9.17) is 0 Å². The number of carbonyl (C=O) groups is 1. The summed E-state index contributed by atoms with van der Waals surface area (Å²) in [5.41, 5.74) is 0.118. The van der Waals surface area contributed by atoms with Crippen LogP contribution in [-0.4, -0.2) is 42.2 Å². The highest BCUT2D eigenvalue weighted by atomic mass is 16.3. The molecule has 7 heteroatoms. The van der Waals surface area contributed by atoms with Crippen LogP contribution in [0.5, 0.6) is 0 Å². The molecule has 2 heterocycles. The fourth-order valence-electron chi connectivity index (χ4n) is 6.17. The number of carbonyl (C=O) groups excluding carboxylic acids is 1. The predicted molar refractivity (Wildman–Crippen MR) is 97.4 cm³/mol. The molecular weight excluding hydrogens is 342 g/mol. The van der Waals surface area contributed by atoms with Gasteiger partial charge in [-0.15, -0.1) is 0 Å². The number of rotatable bonds is 4. The third-order valence-electron chi connectivity index (χ3n) is 7.17. The number of nitrogens with zero attached hydrogens (tertiary/aromatic N) is 4. The molecule has 5 fully saturated rings. The van der Waals surface area contributed by atoms with Gasteiger partial charge in [-0.1, -0.05) is 0 Å². The first-order valence-electron chi connectivity index (χ1n) is 10.2. The molecule has 27 heavy (non-hydrogen) atoms. The molecule has 7 rings (SSSR count). The van der Waals surface area contributed by atoms with Crippen molar-refractivity contribution >= 4 is 5.91 Å². The fraction of sp³-hybridized carbons (Fsp3) is 0.650. The van der Waals surface area contributed by atoms with Crippen LogP contribution in [0.15, 0.2) is 24.7 Å². The van der Waals surface area contributed by atoms with E-state index >= 15 is 0 Å². The van der Waals surface area contributed by atoms with Gasteiger partial charge in [-0.2, -0.15) is 10.2 Å². The third kappa shape index (κ3) is 2.47. The summed E-state index contributed by atoms with van der Waals surface area (Å²) in [7, 11) is 0. The SMILES string of the molecule is O=C(NC1C2CC3CC1CC(O)(C3)C2)c1cnn(C2CC2)c1-n1cccn1. The number of nitrogens with one attached hydrogen (secondary N) is 1. The Kier molecular flexibility index (Phi) is 3.20. The molecule has 2 aromatic rings. The summed E-state index contributed by atoms with van der Waals surface area (Å²) in [6.07, 6.45) is 12.4. The van der Waals surface area contributed by atoms with E-state index in [0.29, 0.717) is 29.4 Å². The number of hydrogen-bond donors (Lipinski definition) is 2. The van der Waals surface area contributed by atoms with Crippen LogP contribution in [0.25, 0.3) is 5.82 Å². The molecule has 2 N–H and O–H groups in total. The molecule has 2 atom stereocenters. The Bertz CT molecular complexity index is 868. The second kappa shape index (κ2) is 5.44. The molecule has 5 saturated carbocycles. The third-order valence-corrected chi connectivity index (χ3v) is 7.17. The highest BCUT2D eigenvalue weighted by molar-refractivity contribution is 5.97. The van der Waals surface area contributed by atoms with E-state index in [1.165, 1.54) is 0 Å². The van der Waals surface area contributed by atoms with E-state index in [0.717, 1.165) is 50.8 Å². The summed E-state index contributed by atoms with van der Waals surface area (Å²) in [5, 5.41) is 23.0. The molecule has 5 aliphatic carbocycles. The summed E-state index contributed by atoms with van der Waals surface area (Å²) in [6.45, 7) is 0. The topological polar surface area (TPSA) is 85.0 Å². The van der Waals surface area contributed by atoms with Gasteiger partial charge in [0, 0.05) is 18.4 Å². The number of aromatic nitrogens is 4. The van der Waals surface area contributed by atoms with Crippen LogP contribution in [0.4, 0.5) is 0 Å². The first-order valence-corrected chi connectivity index (χ1v) is 10.2. The Balaban J connectivity index is 1.29. The Hall–Kier alpha value is -2.15. The number of aliphatic hydroxyl groups is 1. The fourth-order valence-corrected chi connectivity index (χ4v) is 6.17. The van der Waals surface area contributed by atoms with E-state index in [2.05, 4.69) is 15.5 Å². The molecule has 0 radical (unpaired) electrons. The van der Waals surface area contributed by atoms with Gasteiger partial charge in [0.05, 0.1) is 17.8 Å². The van der Waals surface area contributed by atoms with E-state index in [-0.39, 0.29) is 11.9 Å². The molecule has 2 unspecified atom stereocenters. The van der Waals surface area contributed by atoms with Gasteiger partial charge in [0.25, 0.3) is 5.91 Å². The summed E-state index contributed by atoms with van der Waals surface area (Å²) >= 11 is 0. The second-order valence-electron chi connectivity index (χ2n) is 9.20. The average Bonchev–Trinajstić information content (AvgIpc) is 3.15. The first-order chi connectivity index (χ1) is 13.1. The minimum absolute atomic E-state index is 0.0585. The van der Waals surface area contributed by atoms with Gasteiger partial charge < -0.3 is 10.4 Å². The zero-order valence-electron chi connectivity index (χ0n) is 15.3. The minimum Gasteiger partial charge on any atom is -0.390 e. The Labute approximate surface area is 157 Å². The average molecular weight is 367 g/mol. The van der Waals surface area contributed by atoms with Gasteiger partial charge >= 0.3 is 0 Å². The zero-order valence-corrected chi connectivity index (χ0v) is 15.3. The maximum absolute atomic E-state index is 13.2. The highest BCUT2D eigenvalue weighted by Crippen LogP contribution is 2.55. The van der Waals surface area contributed by atoms with Crippen molar-refractivity contribution < 1.29 is 9.90 Å². The molecular formula is C20H25N5O2. The molecule has 2 aromatic heterocycles.